The highest BCUT2D eigenvalue weighted by atomic mass is 16.1. The fourth-order valence-corrected chi connectivity index (χ4v) is 3.16. The molecule has 2 heterocycles. The van der Waals surface area contributed by atoms with E-state index in [9.17, 15) is 10.1 Å². The summed E-state index contributed by atoms with van der Waals surface area (Å²) in [5, 5.41) is 17.1. The molecule has 0 spiro atoms. The first-order chi connectivity index (χ1) is 15.1. The Bertz CT molecular complexity index is 1280. The van der Waals surface area contributed by atoms with Crippen molar-refractivity contribution in [1.82, 2.24) is 14.8 Å². The van der Waals surface area contributed by atoms with E-state index in [1.54, 1.807) is 35.4 Å². The summed E-state index contributed by atoms with van der Waals surface area (Å²) >= 11 is 0. The Balaban J connectivity index is 1.74. The van der Waals surface area contributed by atoms with E-state index in [2.05, 4.69) is 15.4 Å². The van der Waals surface area contributed by atoms with Crippen molar-refractivity contribution in [1.29, 1.82) is 5.26 Å². The lowest BCUT2D eigenvalue weighted by Gasteiger charge is -2.05. The monoisotopic (exact) mass is 405 g/mol. The number of benzene rings is 2. The molecule has 0 unspecified atom stereocenters. The van der Waals surface area contributed by atoms with Crippen LogP contribution in [0.25, 0.3) is 23.0 Å². The number of hydrogen-bond donors (Lipinski definition) is 1. The number of nitriles is 1. The van der Waals surface area contributed by atoms with Gasteiger partial charge in [0.05, 0.1) is 5.69 Å². The first-order valence-corrected chi connectivity index (χ1v) is 9.69. The summed E-state index contributed by atoms with van der Waals surface area (Å²) < 4.78 is 1.72. The molecule has 6 nitrogen and oxygen atoms in total. The van der Waals surface area contributed by atoms with E-state index in [0.29, 0.717) is 16.9 Å². The van der Waals surface area contributed by atoms with E-state index in [1.807, 2.05) is 73.7 Å². The summed E-state index contributed by atoms with van der Waals surface area (Å²) in [6, 6.07) is 22.8. The van der Waals surface area contributed by atoms with Gasteiger partial charge in [0.15, 0.2) is 0 Å². The first-order valence-electron chi connectivity index (χ1n) is 9.69. The van der Waals surface area contributed by atoms with Gasteiger partial charge in [0.1, 0.15) is 17.3 Å². The second-order valence-electron chi connectivity index (χ2n) is 6.95. The zero-order valence-corrected chi connectivity index (χ0v) is 16.9. The molecule has 1 amide bonds. The van der Waals surface area contributed by atoms with Crippen molar-refractivity contribution < 1.29 is 4.79 Å². The number of anilines is 1. The van der Waals surface area contributed by atoms with Crippen molar-refractivity contribution >= 4 is 17.7 Å². The van der Waals surface area contributed by atoms with Gasteiger partial charge in [0, 0.05) is 35.4 Å². The number of nitrogens with zero attached hydrogens (tertiary/aromatic N) is 4. The largest absolute Gasteiger partial charge is 0.321 e. The summed E-state index contributed by atoms with van der Waals surface area (Å²) in [5.41, 5.74) is 4.58. The average Bonchev–Trinajstić information content (AvgIpc) is 3.22. The van der Waals surface area contributed by atoms with Crippen LogP contribution in [0.2, 0.25) is 0 Å². The molecule has 0 saturated heterocycles. The Hall–Kier alpha value is -4.50. The van der Waals surface area contributed by atoms with E-state index in [4.69, 9.17) is 0 Å². The van der Waals surface area contributed by atoms with Crippen LogP contribution in [0.5, 0.6) is 0 Å². The Kier molecular flexibility index (Phi) is 5.68. The maximum atomic E-state index is 12.7. The quantitative estimate of drug-likeness (QED) is 0.382. The van der Waals surface area contributed by atoms with Crippen molar-refractivity contribution in [3.05, 3.63) is 102 Å². The number of carbonyl (C=O) groups excluding carboxylic acids is 1. The van der Waals surface area contributed by atoms with Crippen LogP contribution < -0.4 is 5.32 Å². The van der Waals surface area contributed by atoms with Gasteiger partial charge in [-0.05, 0) is 55.0 Å². The molecule has 0 bridgehead atoms. The van der Waals surface area contributed by atoms with Crippen LogP contribution in [-0.4, -0.2) is 20.7 Å². The Morgan fingerprint density at radius 2 is 1.94 bits per heavy atom. The van der Waals surface area contributed by atoms with Crippen molar-refractivity contribution in [2.45, 2.75) is 6.92 Å². The van der Waals surface area contributed by atoms with Gasteiger partial charge in [0.2, 0.25) is 0 Å². The maximum Gasteiger partial charge on any atom is 0.266 e. The summed E-state index contributed by atoms with van der Waals surface area (Å²) in [5.74, 6) is -0.474. The highest BCUT2D eigenvalue weighted by molar-refractivity contribution is 6.10. The lowest BCUT2D eigenvalue weighted by molar-refractivity contribution is -0.112. The second kappa shape index (κ2) is 8.89. The van der Waals surface area contributed by atoms with Gasteiger partial charge in [-0.3, -0.25) is 9.78 Å². The summed E-state index contributed by atoms with van der Waals surface area (Å²) in [6.07, 6.45) is 6.74. The van der Waals surface area contributed by atoms with Gasteiger partial charge in [0.25, 0.3) is 5.91 Å². The minimum absolute atomic E-state index is 0.0146. The Labute approximate surface area is 180 Å². The van der Waals surface area contributed by atoms with E-state index < -0.39 is 5.91 Å². The molecular formula is C25H19N5O. The molecular weight excluding hydrogens is 386 g/mol. The topological polar surface area (TPSA) is 83.6 Å². The van der Waals surface area contributed by atoms with Gasteiger partial charge in [-0.2, -0.15) is 10.4 Å². The molecule has 2 aromatic heterocycles. The van der Waals surface area contributed by atoms with Crippen molar-refractivity contribution in [3.8, 4) is 23.0 Å². The van der Waals surface area contributed by atoms with Crippen molar-refractivity contribution in [3.63, 3.8) is 0 Å². The summed E-state index contributed by atoms with van der Waals surface area (Å²) in [4.78, 5) is 16.9. The lowest BCUT2D eigenvalue weighted by atomic mass is 10.1. The lowest BCUT2D eigenvalue weighted by Crippen LogP contribution is -2.13. The molecule has 0 aliphatic carbocycles. The van der Waals surface area contributed by atoms with Crippen molar-refractivity contribution in [2.75, 3.05) is 5.32 Å². The van der Waals surface area contributed by atoms with Gasteiger partial charge in [-0.15, -0.1) is 0 Å². The minimum Gasteiger partial charge on any atom is -0.321 e. The van der Waals surface area contributed by atoms with Crippen LogP contribution in [0.1, 0.15) is 11.1 Å². The summed E-state index contributed by atoms with van der Waals surface area (Å²) in [7, 11) is 0. The number of para-hydroxylation sites is 1. The van der Waals surface area contributed by atoms with E-state index >= 15 is 0 Å². The first kappa shape index (κ1) is 19.8. The molecule has 150 valence electrons. The maximum absolute atomic E-state index is 12.7. The molecule has 0 radical (unpaired) electrons. The van der Waals surface area contributed by atoms with Crippen LogP contribution in [0.15, 0.2) is 90.9 Å². The minimum atomic E-state index is -0.474. The average molecular weight is 405 g/mol. The standard InChI is InChI=1S/C25H19N5O/c1-18-7-5-9-22(13-18)28-25(31)20(15-26)14-21-17-30(23-10-3-2-4-11-23)29-24(21)19-8-6-12-27-16-19/h2-14,16-17H,1H3,(H,28,31). The molecule has 0 atom stereocenters. The van der Waals surface area contributed by atoms with E-state index in [0.717, 1.165) is 16.8 Å². The number of aromatic nitrogens is 3. The second-order valence-corrected chi connectivity index (χ2v) is 6.95. The zero-order chi connectivity index (χ0) is 21.6. The molecule has 0 saturated carbocycles. The van der Waals surface area contributed by atoms with Crippen LogP contribution in [0.4, 0.5) is 5.69 Å². The van der Waals surface area contributed by atoms with Gasteiger partial charge in [-0.25, -0.2) is 4.68 Å². The van der Waals surface area contributed by atoms with Crippen molar-refractivity contribution in [2.24, 2.45) is 0 Å². The number of pyridine rings is 1. The third kappa shape index (κ3) is 4.57. The van der Waals surface area contributed by atoms with Gasteiger partial charge < -0.3 is 5.32 Å². The number of carbonyl (C=O) groups is 1. The number of nitrogens with one attached hydrogen (secondary N) is 1. The third-order valence-corrected chi connectivity index (χ3v) is 4.64. The highest BCUT2D eigenvalue weighted by Crippen LogP contribution is 2.25. The van der Waals surface area contributed by atoms with E-state index in [-0.39, 0.29) is 5.57 Å². The number of aryl methyl sites for hydroxylation is 1. The SMILES string of the molecule is Cc1cccc(NC(=O)C(C#N)=Cc2cn(-c3ccccc3)nc2-c2cccnc2)c1. The molecule has 0 fully saturated rings. The predicted octanol–water partition coefficient (Wildman–Crippen LogP) is 4.79. The Morgan fingerprint density at radius 1 is 1.10 bits per heavy atom. The number of amides is 1. The van der Waals surface area contributed by atoms with Gasteiger partial charge in [-0.1, -0.05) is 30.3 Å². The Morgan fingerprint density at radius 3 is 2.65 bits per heavy atom. The summed E-state index contributed by atoms with van der Waals surface area (Å²) in [6.45, 7) is 1.94. The molecule has 4 aromatic rings. The van der Waals surface area contributed by atoms with Gasteiger partial charge >= 0.3 is 0 Å². The van der Waals surface area contributed by atoms with Crippen LogP contribution in [0.3, 0.4) is 0 Å². The number of rotatable bonds is 5. The smallest absolute Gasteiger partial charge is 0.266 e. The predicted molar refractivity (Wildman–Crippen MR) is 120 cm³/mol. The fraction of sp³-hybridized carbons (Fsp3) is 0.0400. The molecule has 4 rings (SSSR count). The molecule has 2 aromatic carbocycles. The van der Waals surface area contributed by atoms with Crippen LogP contribution in [-0.2, 0) is 4.79 Å². The highest BCUT2D eigenvalue weighted by Gasteiger charge is 2.15. The van der Waals surface area contributed by atoms with Crippen LogP contribution in [0, 0.1) is 18.3 Å². The van der Waals surface area contributed by atoms with Crippen LogP contribution >= 0.6 is 0 Å². The zero-order valence-electron chi connectivity index (χ0n) is 16.9. The molecule has 0 aliphatic heterocycles. The molecule has 6 heteroatoms. The third-order valence-electron chi connectivity index (χ3n) is 4.64. The molecule has 1 N–H and O–H groups in total. The van der Waals surface area contributed by atoms with E-state index in [1.165, 1.54) is 0 Å². The molecule has 0 aliphatic rings. The fourth-order valence-electron chi connectivity index (χ4n) is 3.16. The molecule has 31 heavy (non-hydrogen) atoms. The number of hydrogen-bond acceptors (Lipinski definition) is 4. The normalized spacial score (nSPS) is 11.0.